The van der Waals surface area contributed by atoms with E-state index in [4.69, 9.17) is 15.6 Å². The van der Waals surface area contributed by atoms with E-state index in [1.54, 1.807) is 32.4 Å². The van der Waals surface area contributed by atoms with Crippen molar-refractivity contribution in [1.29, 1.82) is 0 Å². The Labute approximate surface area is 111 Å². The molecule has 0 saturated carbocycles. The van der Waals surface area contributed by atoms with Crippen LogP contribution in [0.1, 0.15) is 12.0 Å². The molecule has 1 aromatic rings. The summed E-state index contributed by atoms with van der Waals surface area (Å²) in [7, 11) is 3.15. The smallest absolute Gasteiger partial charge is 0.321 e. The highest BCUT2D eigenvalue weighted by Gasteiger charge is 2.20. The van der Waals surface area contributed by atoms with E-state index in [0.717, 1.165) is 11.3 Å². The fourth-order valence-electron chi connectivity index (χ4n) is 1.63. The summed E-state index contributed by atoms with van der Waals surface area (Å²) in [5.74, 6) is -0.807. The number of carboxylic acids is 1. The van der Waals surface area contributed by atoms with Gasteiger partial charge in [0.15, 0.2) is 0 Å². The SMILES string of the molecule is COc1ccc(N(C)C(=O)CC(N)C(=O)O)cc1C. The van der Waals surface area contributed by atoms with Crippen molar-refractivity contribution in [2.24, 2.45) is 5.73 Å². The molecular formula is C13H18N2O4. The van der Waals surface area contributed by atoms with Crippen molar-refractivity contribution in [2.45, 2.75) is 19.4 Å². The summed E-state index contributed by atoms with van der Waals surface area (Å²) in [6.45, 7) is 1.86. The molecule has 1 amide bonds. The number of amides is 1. The average Bonchev–Trinajstić information content (AvgIpc) is 2.37. The number of nitrogens with two attached hydrogens (primary N) is 1. The number of benzene rings is 1. The van der Waals surface area contributed by atoms with Crippen LogP contribution in [0.15, 0.2) is 18.2 Å². The second kappa shape index (κ2) is 6.19. The minimum atomic E-state index is -1.19. The van der Waals surface area contributed by atoms with Crippen molar-refractivity contribution >= 4 is 17.6 Å². The van der Waals surface area contributed by atoms with Gasteiger partial charge in [-0.25, -0.2) is 0 Å². The van der Waals surface area contributed by atoms with E-state index in [0.29, 0.717) is 5.69 Å². The number of rotatable bonds is 5. The van der Waals surface area contributed by atoms with E-state index < -0.39 is 12.0 Å². The molecular weight excluding hydrogens is 248 g/mol. The van der Waals surface area contributed by atoms with E-state index in [-0.39, 0.29) is 12.3 Å². The Kier molecular flexibility index (Phi) is 4.88. The van der Waals surface area contributed by atoms with E-state index in [9.17, 15) is 9.59 Å². The van der Waals surface area contributed by atoms with E-state index in [1.165, 1.54) is 4.90 Å². The molecule has 6 heteroatoms. The highest BCUT2D eigenvalue weighted by Crippen LogP contribution is 2.23. The molecule has 1 unspecified atom stereocenters. The van der Waals surface area contributed by atoms with Crippen molar-refractivity contribution in [3.8, 4) is 5.75 Å². The normalized spacial score (nSPS) is 11.8. The zero-order valence-electron chi connectivity index (χ0n) is 11.2. The van der Waals surface area contributed by atoms with Gasteiger partial charge in [-0.3, -0.25) is 9.59 Å². The first-order valence-corrected chi connectivity index (χ1v) is 5.76. The standard InChI is InChI=1S/C13H18N2O4/c1-8-6-9(4-5-11(8)19-3)15(2)12(16)7-10(14)13(17)18/h4-6,10H,7,14H2,1-3H3,(H,17,18). The Bertz CT molecular complexity index is 488. The predicted octanol–water partition coefficient (Wildman–Crippen LogP) is 0.768. The molecule has 0 saturated heterocycles. The van der Waals surface area contributed by atoms with Crippen LogP contribution >= 0.6 is 0 Å². The van der Waals surface area contributed by atoms with Crippen LogP contribution in [-0.4, -0.2) is 37.2 Å². The molecule has 19 heavy (non-hydrogen) atoms. The number of carbonyl (C=O) groups excluding carboxylic acids is 1. The molecule has 6 nitrogen and oxygen atoms in total. The molecule has 0 aliphatic heterocycles. The Morgan fingerprint density at radius 3 is 2.58 bits per heavy atom. The molecule has 0 aliphatic rings. The maximum atomic E-state index is 11.9. The summed E-state index contributed by atoms with van der Waals surface area (Å²) in [5, 5.41) is 8.68. The van der Waals surface area contributed by atoms with Crippen LogP contribution in [0, 0.1) is 6.92 Å². The Morgan fingerprint density at radius 1 is 1.47 bits per heavy atom. The number of nitrogens with zero attached hydrogens (tertiary/aromatic N) is 1. The third-order valence-corrected chi connectivity index (χ3v) is 2.85. The topological polar surface area (TPSA) is 92.9 Å². The summed E-state index contributed by atoms with van der Waals surface area (Å²) in [6, 6.07) is 4.10. The largest absolute Gasteiger partial charge is 0.496 e. The van der Waals surface area contributed by atoms with Gasteiger partial charge in [-0.15, -0.1) is 0 Å². The van der Waals surface area contributed by atoms with Crippen LogP contribution in [-0.2, 0) is 9.59 Å². The lowest BCUT2D eigenvalue weighted by molar-refractivity contribution is -0.140. The third kappa shape index (κ3) is 3.69. The van der Waals surface area contributed by atoms with Crippen LogP contribution in [0.3, 0.4) is 0 Å². The lowest BCUT2D eigenvalue weighted by Gasteiger charge is -2.19. The van der Waals surface area contributed by atoms with Crippen molar-refractivity contribution in [1.82, 2.24) is 0 Å². The van der Waals surface area contributed by atoms with E-state index in [2.05, 4.69) is 0 Å². The van der Waals surface area contributed by atoms with Gasteiger partial charge in [0, 0.05) is 12.7 Å². The monoisotopic (exact) mass is 266 g/mol. The molecule has 0 radical (unpaired) electrons. The van der Waals surface area contributed by atoms with Gasteiger partial charge in [-0.1, -0.05) is 0 Å². The maximum Gasteiger partial charge on any atom is 0.321 e. The molecule has 1 atom stereocenters. The van der Waals surface area contributed by atoms with Gasteiger partial charge in [0.25, 0.3) is 0 Å². The number of aryl methyl sites for hydroxylation is 1. The van der Waals surface area contributed by atoms with E-state index in [1.807, 2.05) is 6.92 Å². The Morgan fingerprint density at radius 2 is 2.11 bits per heavy atom. The number of carboxylic acid groups (broad SMARTS) is 1. The molecule has 1 aromatic carbocycles. The second-order valence-corrected chi connectivity index (χ2v) is 4.26. The summed E-state index contributed by atoms with van der Waals surface area (Å²) in [4.78, 5) is 23.9. The summed E-state index contributed by atoms with van der Waals surface area (Å²) in [5.41, 5.74) is 6.90. The van der Waals surface area contributed by atoms with Crippen molar-refractivity contribution in [3.05, 3.63) is 23.8 Å². The fraction of sp³-hybridized carbons (Fsp3) is 0.385. The van der Waals surface area contributed by atoms with Crippen molar-refractivity contribution in [3.63, 3.8) is 0 Å². The quantitative estimate of drug-likeness (QED) is 0.821. The van der Waals surface area contributed by atoms with Gasteiger partial charge in [0.1, 0.15) is 11.8 Å². The molecule has 104 valence electrons. The lowest BCUT2D eigenvalue weighted by Crippen LogP contribution is -2.37. The molecule has 0 aromatic heterocycles. The van der Waals surface area contributed by atoms with Crippen LogP contribution in [0.5, 0.6) is 5.75 Å². The maximum absolute atomic E-state index is 11.9. The molecule has 0 fully saturated rings. The van der Waals surface area contributed by atoms with Crippen LogP contribution in [0.25, 0.3) is 0 Å². The van der Waals surface area contributed by atoms with Gasteiger partial charge < -0.3 is 20.5 Å². The number of hydrogen-bond donors (Lipinski definition) is 2. The molecule has 1 rings (SSSR count). The zero-order valence-corrected chi connectivity index (χ0v) is 11.2. The number of aliphatic carboxylic acids is 1. The average molecular weight is 266 g/mol. The predicted molar refractivity (Wildman–Crippen MR) is 71.4 cm³/mol. The molecule has 0 aliphatic carbocycles. The highest BCUT2D eigenvalue weighted by atomic mass is 16.5. The summed E-state index contributed by atoms with van der Waals surface area (Å²) < 4.78 is 5.14. The first-order valence-electron chi connectivity index (χ1n) is 5.76. The number of methoxy groups -OCH3 is 1. The minimum absolute atomic E-state index is 0.239. The fourth-order valence-corrected chi connectivity index (χ4v) is 1.63. The minimum Gasteiger partial charge on any atom is -0.496 e. The van der Waals surface area contributed by atoms with Gasteiger partial charge in [-0.05, 0) is 30.7 Å². The molecule has 0 spiro atoms. The van der Waals surface area contributed by atoms with Crippen LogP contribution in [0.2, 0.25) is 0 Å². The third-order valence-electron chi connectivity index (χ3n) is 2.85. The van der Waals surface area contributed by atoms with Gasteiger partial charge >= 0.3 is 5.97 Å². The first-order chi connectivity index (χ1) is 8.86. The first kappa shape index (κ1) is 15.0. The van der Waals surface area contributed by atoms with Crippen molar-refractivity contribution < 1.29 is 19.4 Å². The Hall–Kier alpha value is -2.08. The number of anilines is 1. The van der Waals surface area contributed by atoms with Gasteiger partial charge in [0.05, 0.1) is 13.5 Å². The van der Waals surface area contributed by atoms with Crippen LogP contribution in [0.4, 0.5) is 5.69 Å². The number of ether oxygens (including phenoxy) is 1. The summed E-state index contributed by atoms with van der Waals surface area (Å²) in [6.07, 6.45) is -0.239. The van der Waals surface area contributed by atoms with Gasteiger partial charge in [0.2, 0.25) is 5.91 Å². The molecule has 3 N–H and O–H groups in total. The highest BCUT2D eigenvalue weighted by molar-refractivity contribution is 5.95. The van der Waals surface area contributed by atoms with Crippen LogP contribution < -0.4 is 15.4 Å². The Balaban J connectivity index is 2.82. The molecule has 0 heterocycles. The molecule has 0 bridgehead atoms. The zero-order chi connectivity index (χ0) is 14.6. The number of hydrogen-bond acceptors (Lipinski definition) is 4. The lowest BCUT2D eigenvalue weighted by atomic mass is 10.1. The number of carbonyl (C=O) groups is 2. The second-order valence-electron chi connectivity index (χ2n) is 4.26. The van der Waals surface area contributed by atoms with E-state index >= 15 is 0 Å². The summed E-state index contributed by atoms with van der Waals surface area (Å²) >= 11 is 0. The van der Waals surface area contributed by atoms with Gasteiger partial charge in [-0.2, -0.15) is 0 Å². The van der Waals surface area contributed by atoms with Crippen molar-refractivity contribution in [2.75, 3.05) is 19.1 Å².